The zero-order valence-corrected chi connectivity index (χ0v) is 11.9. The van der Waals surface area contributed by atoms with Gasteiger partial charge in [-0.3, -0.25) is 10.1 Å². The number of nitrogens with zero attached hydrogens (tertiary/aromatic N) is 3. The number of hydrogen-bond donors (Lipinski definition) is 2. The molecule has 0 bridgehead atoms. The minimum absolute atomic E-state index is 0.0674. The summed E-state index contributed by atoms with van der Waals surface area (Å²) in [7, 11) is 0. The standard InChI is InChI=1S/C13H21N5O2/c1-3-9-4-6-10(7-5-9)16-12-11(18(19)20)8(2)15-13(14)17-12/h9-10H,3-7H2,1-2H3,(H3,14,15,16,17). The molecule has 1 heterocycles. The Morgan fingerprint density at radius 1 is 1.35 bits per heavy atom. The van der Waals surface area contributed by atoms with Crippen LogP contribution in [0.5, 0.6) is 0 Å². The molecule has 0 spiro atoms. The summed E-state index contributed by atoms with van der Waals surface area (Å²) in [5.74, 6) is 1.10. The predicted molar refractivity (Wildman–Crippen MR) is 77.5 cm³/mol. The summed E-state index contributed by atoms with van der Waals surface area (Å²) in [6.45, 7) is 3.78. The second kappa shape index (κ2) is 6.02. The first-order valence-corrected chi connectivity index (χ1v) is 7.06. The second-order valence-electron chi connectivity index (χ2n) is 5.39. The lowest BCUT2D eigenvalue weighted by Gasteiger charge is -2.28. The lowest BCUT2D eigenvalue weighted by molar-refractivity contribution is -0.385. The fourth-order valence-electron chi connectivity index (χ4n) is 2.82. The van der Waals surface area contributed by atoms with Crippen molar-refractivity contribution >= 4 is 17.5 Å². The summed E-state index contributed by atoms with van der Waals surface area (Å²) in [4.78, 5) is 18.6. The molecule has 20 heavy (non-hydrogen) atoms. The maximum atomic E-state index is 11.1. The summed E-state index contributed by atoms with van der Waals surface area (Å²) < 4.78 is 0. The average molecular weight is 279 g/mol. The van der Waals surface area contributed by atoms with E-state index >= 15 is 0 Å². The number of nitrogens with two attached hydrogens (primary N) is 1. The Morgan fingerprint density at radius 2 is 2.00 bits per heavy atom. The smallest absolute Gasteiger partial charge is 0.332 e. The van der Waals surface area contributed by atoms with Crippen LogP contribution in [0.2, 0.25) is 0 Å². The van der Waals surface area contributed by atoms with E-state index in [1.807, 2.05) is 0 Å². The van der Waals surface area contributed by atoms with Gasteiger partial charge in [-0.25, -0.2) is 4.98 Å². The molecule has 0 atom stereocenters. The van der Waals surface area contributed by atoms with Crippen LogP contribution < -0.4 is 11.1 Å². The predicted octanol–water partition coefficient (Wildman–Crippen LogP) is 2.66. The third kappa shape index (κ3) is 3.15. The highest BCUT2D eigenvalue weighted by molar-refractivity contribution is 5.60. The molecule has 7 nitrogen and oxygen atoms in total. The molecule has 0 amide bonds. The number of anilines is 2. The van der Waals surface area contributed by atoms with Crippen molar-refractivity contribution in [3.63, 3.8) is 0 Å². The van der Waals surface area contributed by atoms with Crippen molar-refractivity contribution in [1.82, 2.24) is 9.97 Å². The summed E-state index contributed by atoms with van der Waals surface area (Å²) in [5.41, 5.74) is 5.82. The molecular weight excluding hydrogens is 258 g/mol. The Labute approximate surface area is 118 Å². The van der Waals surface area contributed by atoms with Crippen LogP contribution in [0, 0.1) is 23.0 Å². The van der Waals surface area contributed by atoms with E-state index < -0.39 is 4.92 Å². The van der Waals surface area contributed by atoms with Gasteiger partial charge < -0.3 is 11.1 Å². The number of aromatic nitrogens is 2. The van der Waals surface area contributed by atoms with Gasteiger partial charge in [0.1, 0.15) is 5.69 Å². The van der Waals surface area contributed by atoms with Crippen molar-refractivity contribution in [1.29, 1.82) is 0 Å². The minimum Gasteiger partial charge on any atom is -0.368 e. The van der Waals surface area contributed by atoms with Crippen molar-refractivity contribution < 1.29 is 4.92 Å². The zero-order chi connectivity index (χ0) is 14.7. The Balaban J connectivity index is 2.15. The molecule has 7 heteroatoms. The number of nitro groups is 1. The van der Waals surface area contributed by atoms with Crippen LogP contribution in [0.4, 0.5) is 17.5 Å². The Kier molecular flexibility index (Phi) is 4.36. The maximum Gasteiger partial charge on any atom is 0.332 e. The first kappa shape index (κ1) is 14.5. The van der Waals surface area contributed by atoms with E-state index in [4.69, 9.17) is 5.73 Å². The van der Waals surface area contributed by atoms with Gasteiger partial charge in [-0.2, -0.15) is 4.98 Å². The van der Waals surface area contributed by atoms with Gasteiger partial charge in [0.25, 0.3) is 0 Å². The quantitative estimate of drug-likeness (QED) is 0.648. The van der Waals surface area contributed by atoms with Crippen molar-refractivity contribution in [2.45, 2.75) is 52.0 Å². The first-order chi connectivity index (χ1) is 9.51. The van der Waals surface area contributed by atoms with E-state index in [1.165, 1.54) is 6.42 Å². The molecule has 0 radical (unpaired) electrons. The number of hydrogen-bond acceptors (Lipinski definition) is 6. The van der Waals surface area contributed by atoms with Crippen molar-refractivity contribution in [2.75, 3.05) is 11.1 Å². The topological polar surface area (TPSA) is 107 Å². The summed E-state index contributed by atoms with van der Waals surface area (Å²) in [5, 5.41) is 14.3. The number of aryl methyl sites for hydroxylation is 1. The minimum atomic E-state index is -0.450. The Morgan fingerprint density at radius 3 is 2.55 bits per heavy atom. The molecule has 1 aliphatic rings. The average Bonchev–Trinajstić information content (AvgIpc) is 2.38. The molecule has 1 aromatic rings. The van der Waals surface area contributed by atoms with Gasteiger partial charge in [-0.05, 0) is 38.5 Å². The van der Waals surface area contributed by atoms with Gasteiger partial charge in [0.05, 0.1) is 4.92 Å². The molecule has 0 aromatic carbocycles. The molecule has 2 rings (SSSR count). The zero-order valence-electron chi connectivity index (χ0n) is 11.9. The monoisotopic (exact) mass is 279 g/mol. The highest BCUT2D eigenvalue weighted by atomic mass is 16.6. The molecule has 1 aliphatic carbocycles. The van der Waals surface area contributed by atoms with E-state index in [0.717, 1.165) is 31.6 Å². The van der Waals surface area contributed by atoms with Gasteiger partial charge in [-0.1, -0.05) is 13.3 Å². The van der Waals surface area contributed by atoms with Crippen LogP contribution in [0.3, 0.4) is 0 Å². The molecule has 1 fully saturated rings. The summed E-state index contributed by atoms with van der Waals surface area (Å²) in [6.07, 6.45) is 5.53. The van der Waals surface area contributed by atoms with E-state index in [2.05, 4.69) is 22.2 Å². The number of nitrogens with one attached hydrogen (secondary N) is 1. The van der Waals surface area contributed by atoms with Crippen LogP contribution in [-0.4, -0.2) is 20.9 Å². The SMILES string of the molecule is CCC1CCC(Nc2nc(N)nc(C)c2[N+](=O)[O-])CC1. The number of nitrogen functional groups attached to an aromatic ring is 1. The van der Waals surface area contributed by atoms with E-state index in [0.29, 0.717) is 5.69 Å². The lowest BCUT2D eigenvalue weighted by Crippen LogP contribution is -2.27. The van der Waals surface area contributed by atoms with Gasteiger partial charge in [0.15, 0.2) is 0 Å². The van der Waals surface area contributed by atoms with E-state index in [9.17, 15) is 10.1 Å². The van der Waals surface area contributed by atoms with Gasteiger partial charge >= 0.3 is 5.69 Å². The van der Waals surface area contributed by atoms with Crippen LogP contribution in [0.15, 0.2) is 0 Å². The van der Waals surface area contributed by atoms with Crippen LogP contribution in [0.25, 0.3) is 0 Å². The Bertz CT molecular complexity index is 498. The van der Waals surface area contributed by atoms with E-state index in [-0.39, 0.29) is 23.5 Å². The van der Waals surface area contributed by atoms with Crippen molar-refractivity contribution in [3.05, 3.63) is 15.8 Å². The van der Waals surface area contributed by atoms with Crippen LogP contribution >= 0.6 is 0 Å². The van der Waals surface area contributed by atoms with Gasteiger partial charge in [-0.15, -0.1) is 0 Å². The molecule has 0 saturated heterocycles. The maximum absolute atomic E-state index is 11.1. The summed E-state index contributed by atoms with van der Waals surface area (Å²) >= 11 is 0. The first-order valence-electron chi connectivity index (χ1n) is 7.06. The largest absolute Gasteiger partial charge is 0.368 e. The normalized spacial score (nSPS) is 22.5. The third-order valence-electron chi connectivity index (χ3n) is 4.02. The fraction of sp³-hybridized carbons (Fsp3) is 0.692. The second-order valence-corrected chi connectivity index (χ2v) is 5.39. The Hall–Kier alpha value is -1.92. The highest BCUT2D eigenvalue weighted by Crippen LogP contribution is 2.31. The van der Waals surface area contributed by atoms with Crippen LogP contribution in [0.1, 0.15) is 44.7 Å². The highest BCUT2D eigenvalue weighted by Gasteiger charge is 2.26. The molecule has 0 aliphatic heterocycles. The fourth-order valence-corrected chi connectivity index (χ4v) is 2.82. The molecule has 3 N–H and O–H groups in total. The van der Waals surface area contributed by atoms with E-state index in [1.54, 1.807) is 6.92 Å². The van der Waals surface area contributed by atoms with Crippen molar-refractivity contribution in [2.24, 2.45) is 5.92 Å². The summed E-state index contributed by atoms with van der Waals surface area (Å²) in [6, 6.07) is 0.227. The third-order valence-corrected chi connectivity index (χ3v) is 4.02. The molecular formula is C13H21N5O2. The molecule has 110 valence electrons. The van der Waals surface area contributed by atoms with Gasteiger partial charge in [0, 0.05) is 6.04 Å². The van der Waals surface area contributed by atoms with Crippen molar-refractivity contribution in [3.8, 4) is 0 Å². The molecule has 0 unspecified atom stereocenters. The molecule has 1 aromatic heterocycles. The van der Waals surface area contributed by atoms with Crippen LogP contribution in [-0.2, 0) is 0 Å². The number of rotatable bonds is 4. The van der Waals surface area contributed by atoms with Gasteiger partial charge in [0.2, 0.25) is 11.8 Å². The lowest BCUT2D eigenvalue weighted by atomic mass is 9.84. The molecule has 1 saturated carbocycles.